The predicted octanol–water partition coefficient (Wildman–Crippen LogP) is -0.0410. The number of nitrogens with one attached hydrogen (secondary N) is 1. The van der Waals surface area contributed by atoms with Gasteiger partial charge in [-0.2, -0.15) is 0 Å². The molecular formula is C27H29NO11. The molecule has 2 aliphatic carbocycles. The molecule has 2 aromatic rings. The summed E-state index contributed by atoms with van der Waals surface area (Å²) in [6, 6.07) is 3.41. The van der Waals surface area contributed by atoms with Gasteiger partial charge in [0.2, 0.25) is 5.78 Å². The summed E-state index contributed by atoms with van der Waals surface area (Å²) in [7, 11) is 1.64. The molecule has 1 saturated heterocycles. The Morgan fingerprint density at radius 3 is 2.49 bits per heavy atom. The molecular weight excluding hydrogens is 514 g/mol. The van der Waals surface area contributed by atoms with Crippen LogP contribution in [0.2, 0.25) is 0 Å². The van der Waals surface area contributed by atoms with Crippen LogP contribution in [0.5, 0.6) is 17.2 Å². The summed E-state index contributed by atoms with van der Waals surface area (Å²) in [6.07, 6.45) is -4.81. The van der Waals surface area contributed by atoms with Crippen LogP contribution in [0.25, 0.3) is 0 Å². The second-order valence-electron chi connectivity index (χ2n) is 10.2. The second kappa shape index (κ2) is 9.66. The standard InChI is InChI=1S/C27H29NO11/c1-10-22(32)13(28-2)6-17(38-10)39-15-8-27(37,16(31)9-29)7-12-19(15)26(36)21-20(24(12)34)23(33)11-4-3-5-14(30)18(11)25(21)35/h3-5,10,13,15,17,22,28-30,32,34,36-37H,6-9H2,1-2H3/t10?,13-,15+,17+,22-,27+/m1/s1. The van der Waals surface area contributed by atoms with E-state index in [9.17, 15) is 45.0 Å². The third-order valence-electron chi connectivity index (χ3n) is 7.93. The molecule has 1 heterocycles. The Morgan fingerprint density at radius 1 is 1.13 bits per heavy atom. The molecule has 0 amide bonds. The molecule has 1 fully saturated rings. The molecule has 2 aromatic carbocycles. The van der Waals surface area contributed by atoms with E-state index in [1.165, 1.54) is 18.2 Å². The molecule has 6 atom stereocenters. The van der Waals surface area contributed by atoms with Crippen molar-refractivity contribution in [3.05, 3.63) is 51.6 Å². The number of aliphatic hydroxyl groups excluding tert-OH is 2. The fraction of sp³-hybridized carbons (Fsp3) is 0.444. The molecule has 12 nitrogen and oxygen atoms in total. The lowest BCUT2D eigenvalue weighted by Crippen LogP contribution is -2.53. The van der Waals surface area contributed by atoms with Crippen LogP contribution in [0.3, 0.4) is 0 Å². The third-order valence-corrected chi connectivity index (χ3v) is 7.93. The number of ketones is 3. The van der Waals surface area contributed by atoms with Crippen LogP contribution in [0.15, 0.2) is 18.2 Å². The topological polar surface area (TPSA) is 203 Å². The smallest absolute Gasteiger partial charge is 0.202 e. The van der Waals surface area contributed by atoms with Crippen molar-refractivity contribution in [3.8, 4) is 17.2 Å². The Hall–Kier alpha value is -3.39. The highest BCUT2D eigenvalue weighted by Crippen LogP contribution is 2.52. The van der Waals surface area contributed by atoms with Crippen molar-refractivity contribution in [1.29, 1.82) is 0 Å². The Kier molecular flexibility index (Phi) is 6.74. The van der Waals surface area contributed by atoms with Gasteiger partial charge in [-0.15, -0.1) is 0 Å². The van der Waals surface area contributed by atoms with Gasteiger partial charge in [0.05, 0.1) is 35.0 Å². The molecule has 0 bridgehead atoms. The molecule has 0 saturated carbocycles. The van der Waals surface area contributed by atoms with E-state index in [1.54, 1.807) is 14.0 Å². The summed E-state index contributed by atoms with van der Waals surface area (Å²) in [5.41, 5.74) is -4.18. The van der Waals surface area contributed by atoms with Crippen LogP contribution in [0, 0.1) is 0 Å². The number of ether oxygens (including phenoxy) is 2. The van der Waals surface area contributed by atoms with Crippen LogP contribution in [-0.4, -0.2) is 91.8 Å². The largest absolute Gasteiger partial charge is 0.507 e. The summed E-state index contributed by atoms with van der Waals surface area (Å²) in [6.45, 7) is 0.601. The number of phenolic OH excluding ortho intramolecular Hbond substituents is 3. The first kappa shape index (κ1) is 27.2. The summed E-state index contributed by atoms with van der Waals surface area (Å²) < 4.78 is 11.9. The van der Waals surface area contributed by atoms with E-state index in [2.05, 4.69) is 5.32 Å². The summed E-state index contributed by atoms with van der Waals surface area (Å²) in [4.78, 5) is 39.4. The maximum Gasteiger partial charge on any atom is 0.202 e. The molecule has 1 aliphatic heterocycles. The number of phenols is 3. The number of fused-ring (bicyclic) bond motifs is 3. The third kappa shape index (κ3) is 4.11. The van der Waals surface area contributed by atoms with Gasteiger partial charge in [-0.25, -0.2) is 0 Å². The molecule has 0 radical (unpaired) electrons. The second-order valence-corrected chi connectivity index (χ2v) is 10.2. The minimum Gasteiger partial charge on any atom is -0.507 e. The van der Waals surface area contributed by atoms with Crippen LogP contribution in [0.1, 0.15) is 68.8 Å². The van der Waals surface area contributed by atoms with Crippen molar-refractivity contribution >= 4 is 17.3 Å². The first-order valence-electron chi connectivity index (χ1n) is 12.5. The molecule has 7 N–H and O–H groups in total. The van der Waals surface area contributed by atoms with E-state index in [1.807, 2.05) is 0 Å². The van der Waals surface area contributed by atoms with E-state index >= 15 is 0 Å². The zero-order chi connectivity index (χ0) is 28.4. The van der Waals surface area contributed by atoms with Crippen molar-refractivity contribution < 1.29 is 54.5 Å². The number of rotatable bonds is 5. The number of hydrogen-bond acceptors (Lipinski definition) is 12. The van der Waals surface area contributed by atoms with Gasteiger partial charge in [0.15, 0.2) is 17.9 Å². The molecule has 12 heteroatoms. The average molecular weight is 544 g/mol. The minimum atomic E-state index is -2.25. The average Bonchev–Trinajstić information content (AvgIpc) is 2.90. The minimum absolute atomic E-state index is 0.134. The van der Waals surface area contributed by atoms with Gasteiger partial charge >= 0.3 is 0 Å². The molecule has 0 aromatic heterocycles. The van der Waals surface area contributed by atoms with Crippen molar-refractivity contribution in [1.82, 2.24) is 5.32 Å². The molecule has 39 heavy (non-hydrogen) atoms. The maximum absolute atomic E-state index is 13.5. The van der Waals surface area contributed by atoms with Gasteiger partial charge in [0, 0.05) is 42.0 Å². The van der Waals surface area contributed by atoms with Crippen LogP contribution in [-0.2, 0) is 20.7 Å². The lowest BCUT2D eigenvalue weighted by atomic mass is 9.72. The van der Waals surface area contributed by atoms with Gasteiger partial charge in [-0.3, -0.25) is 14.4 Å². The quantitative estimate of drug-likeness (QED) is 0.212. The monoisotopic (exact) mass is 543 g/mol. The normalized spacial score (nSPS) is 29.9. The lowest BCUT2D eigenvalue weighted by molar-refractivity contribution is -0.249. The summed E-state index contributed by atoms with van der Waals surface area (Å²) >= 11 is 0. The SMILES string of the molecule is CN[C@@H]1C[C@H](O[C@H]2C[C@](O)(C(=O)CO)Cc3c(O)c4c(c(O)c32)C(=O)c2c(O)cccc2C4=O)OC(C)[C@H]1O. The molecule has 1 unspecified atom stereocenters. The Labute approximate surface area is 222 Å². The fourth-order valence-electron chi connectivity index (χ4n) is 5.85. The number of benzene rings is 2. The van der Waals surface area contributed by atoms with Crippen molar-refractivity contribution in [2.75, 3.05) is 13.7 Å². The summed E-state index contributed by atoms with van der Waals surface area (Å²) in [5.74, 6) is -4.64. The number of aliphatic hydroxyl groups is 3. The summed E-state index contributed by atoms with van der Waals surface area (Å²) in [5, 5.41) is 67.1. The number of hydrogen-bond donors (Lipinski definition) is 7. The van der Waals surface area contributed by atoms with Crippen molar-refractivity contribution in [2.24, 2.45) is 0 Å². The van der Waals surface area contributed by atoms with Gasteiger partial charge in [-0.05, 0) is 20.0 Å². The van der Waals surface area contributed by atoms with E-state index in [-0.39, 0.29) is 28.7 Å². The Bertz CT molecular complexity index is 1390. The van der Waals surface area contributed by atoms with E-state index in [0.29, 0.717) is 0 Å². The van der Waals surface area contributed by atoms with Crippen molar-refractivity contribution in [2.45, 2.75) is 62.4 Å². The van der Waals surface area contributed by atoms with E-state index < -0.39 is 101 Å². The van der Waals surface area contributed by atoms with Gasteiger partial charge in [-0.1, -0.05) is 12.1 Å². The fourth-order valence-corrected chi connectivity index (χ4v) is 5.85. The number of likely N-dealkylation sites (N-methyl/N-ethyl adjacent to an activating group) is 1. The van der Waals surface area contributed by atoms with E-state index in [4.69, 9.17) is 9.47 Å². The highest BCUT2D eigenvalue weighted by atomic mass is 16.7. The van der Waals surface area contributed by atoms with Gasteiger partial charge < -0.3 is 45.4 Å². The molecule has 3 aliphatic rings. The molecule has 5 rings (SSSR count). The Balaban J connectivity index is 1.67. The predicted molar refractivity (Wildman–Crippen MR) is 132 cm³/mol. The zero-order valence-electron chi connectivity index (χ0n) is 21.2. The number of carbonyl (C=O) groups is 3. The Morgan fingerprint density at radius 2 is 1.82 bits per heavy atom. The number of carbonyl (C=O) groups excluding carboxylic acids is 3. The number of Topliss-reactive ketones (excluding diaryl/α,β-unsaturated/α-hetero) is 1. The maximum atomic E-state index is 13.5. The van der Waals surface area contributed by atoms with Crippen LogP contribution < -0.4 is 5.32 Å². The van der Waals surface area contributed by atoms with Gasteiger partial charge in [0.25, 0.3) is 0 Å². The number of aromatic hydroxyl groups is 3. The first-order valence-corrected chi connectivity index (χ1v) is 12.5. The zero-order valence-corrected chi connectivity index (χ0v) is 21.2. The van der Waals surface area contributed by atoms with Crippen molar-refractivity contribution in [3.63, 3.8) is 0 Å². The van der Waals surface area contributed by atoms with E-state index in [0.717, 1.165) is 0 Å². The highest BCUT2D eigenvalue weighted by Gasteiger charge is 2.50. The first-order chi connectivity index (χ1) is 18.4. The van der Waals surface area contributed by atoms with Gasteiger partial charge in [0.1, 0.15) is 29.5 Å². The van der Waals surface area contributed by atoms with Crippen LogP contribution in [0.4, 0.5) is 0 Å². The highest BCUT2D eigenvalue weighted by molar-refractivity contribution is 6.31. The molecule has 0 spiro atoms. The van der Waals surface area contributed by atoms with Crippen LogP contribution >= 0.6 is 0 Å². The molecule has 208 valence electrons. The lowest BCUT2D eigenvalue weighted by Gasteiger charge is -2.42.